The highest BCUT2D eigenvalue weighted by molar-refractivity contribution is 5.89. The number of carbonyl (C=O) groups is 1. The monoisotopic (exact) mass is 621 g/mol. The van der Waals surface area contributed by atoms with E-state index in [1.807, 2.05) is 41.8 Å². The number of aryl methyl sites for hydroxylation is 1. The fraction of sp³-hybridized carbons (Fsp3) is 0.0294. The number of anilines is 1. The van der Waals surface area contributed by atoms with Crippen LogP contribution in [0.5, 0.6) is 11.6 Å². The first-order chi connectivity index (χ1) is 22.9. The van der Waals surface area contributed by atoms with Crippen molar-refractivity contribution in [2.45, 2.75) is 6.92 Å². The smallest absolute Gasteiger partial charge is 0.335 e. The van der Waals surface area contributed by atoms with E-state index in [1.165, 1.54) is 6.07 Å². The van der Waals surface area contributed by atoms with Crippen LogP contribution >= 0.6 is 0 Å². The molecule has 0 aliphatic heterocycles. The number of nitrogens with two attached hydrogens (primary N) is 1. The van der Waals surface area contributed by atoms with Gasteiger partial charge < -0.3 is 24.4 Å². The van der Waals surface area contributed by atoms with Gasteiger partial charge in [-0.1, -0.05) is 23.4 Å². The predicted molar refractivity (Wildman–Crippen MR) is 172 cm³/mol. The molecule has 0 radical (unpaired) electrons. The molecule has 3 N–H and O–H groups in total. The van der Waals surface area contributed by atoms with Gasteiger partial charge in [-0.15, -0.1) is 5.10 Å². The van der Waals surface area contributed by atoms with Crippen LogP contribution in [0, 0.1) is 6.92 Å². The van der Waals surface area contributed by atoms with Crippen LogP contribution in [0.25, 0.3) is 56.3 Å². The quantitative estimate of drug-likeness (QED) is 0.207. The van der Waals surface area contributed by atoms with Crippen LogP contribution in [0.4, 0.5) is 5.95 Å². The van der Waals surface area contributed by atoms with E-state index >= 15 is 0 Å². The normalized spacial score (nSPS) is 11.3. The first-order valence-corrected chi connectivity index (χ1v) is 14.4. The zero-order valence-corrected chi connectivity index (χ0v) is 24.6. The fourth-order valence-electron chi connectivity index (χ4n) is 5.41. The highest BCUT2D eigenvalue weighted by Crippen LogP contribution is 2.37. The number of hydrogen-bond donors (Lipinski definition) is 2. The van der Waals surface area contributed by atoms with E-state index in [-0.39, 0.29) is 11.5 Å². The topological polar surface area (TPSA) is 172 Å². The zero-order chi connectivity index (χ0) is 32.1. The summed E-state index contributed by atoms with van der Waals surface area (Å²) in [6, 6.07) is 24.7. The number of nitrogen functional groups attached to an aromatic ring is 1. The summed E-state index contributed by atoms with van der Waals surface area (Å²) < 4.78 is 15.4. The van der Waals surface area contributed by atoms with E-state index in [2.05, 4.69) is 30.2 Å². The van der Waals surface area contributed by atoms with Crippen molar-refractivity contribution in [1.29, 1.82) is 0 Å². The molecule has 2 aromatic carbocycles. The second kappa shape index (κ2) is 10.9. The molecule has 0 unspecified atom stereocenters. The van der Waals surface area contributed by atoms with Gasteiger partial charge in [0.05, 0.1) is 28.6 Å². The highest BCUT2D eigenvalue weighted by atomic mass is 16.5. The standard InChI is InChI=1S/C34H23N9O4/c1-19-17-36-28-13-10-22(18-42(19)28)30-31(27-8-4-14-46-27)38-34(35)39-32(30)43-26-12-11-23(16-25(26)40-41-43)47-29-9-3-7-24(37-29)20-5-2-6-21(15-20)33(44)45/h2-18H,1H3,(H,44,45)(H2,35,38,39). The summed E-state index contributed by atoms with van der Waals surface area (Å²) in [5.74, 6) is 0.766. The molecule has 8 rings (SSSR count). The number of rotatable bonds is 7. The molecule has 47 heavy (non-hydrogen) atoms. The van der Waals surface area contributed by atoms with Crippen molar-refractivity contribution in [3.05, 3.63) is 115 Å². The number of imidazole rings is 1. The van der Waals surface area contributed by atoms with Gasteiger partial charge in [-0.05, 0) is 61.5 Å². The summed E-state index contributed by atoms with van der Waals surface area (Å²) in [5, 5.41) is 18.3. The SMILES string of the molecule is Cc1cnc2ccc(-c3c(-c4ccco4)nc(N)nc3-n3nnc4cc(Oc5cccc(-c6cccc(C(=O)O)c6)n5)ccc43)cn12. The van der Waals surface area contributed by atoms with E-state index in [0.717, 1.165) is 16.9 Å². The van der Waals surface area contributed by atoms with Crippen LogP contribution in [0.15, 0.2) is 108 Å². The Bertz CT molecular complexity index is 2470. The second-order valence-electron chi connectivity index (χ2n) is 10.7. The number of nitrogens with zero attached hydrogens (tertiary/aromatic N) is 8. The molecule has 8 aromatic rings. The number of fused-ring (bicyclic) bond motifs is 2. The van der Waals surface area contributed by atoms with Crippen molar-refractivity contribution in [3.8, 4) is 51.3 Å². The van der Waals surface area contributed by atoms with Crippen molar-refractivity contribution in [1.82, 2.24) is 39.3 Å². The molecule has 0 saturated carbocycles. The molecular weight excluding hydrogens is 598 g/mol. The Hall–Kier alpha value is -6.89. The van der Waals surface area contributed by atoms with Gasteiger partial charge in [-0.2, -0.15) is 9.67 Å². The summed E-state index contributed by atoms with van der Waals surface area (Å²) in [4.78, 5) is 29.7. The molecule has 0 aliphatic carbocycles. The molecule has 0 amide bonds. The van der Waals surface area contributed by atoms with Crippen LogP contribution in [0.2, 0.25) is 0 Å². The Labute approximate surface area is 265 Å². The van der Waals surface area contributed by atoms with Crippen LogP contribution < -0.4 is 10.5 Å². The number of aromatic carboxylic acids is 1. The third kappa shape index (κ3) is 4.97. The lowest BCUT2D eigenvalue weighted by Gasteiger charge is -2.14. The molecule has 0 aliphatic rings. The van der Waals surface area contributed by atoms with E-state index in [9.17, 15) is 9.90 Å². The Morgan fingerprint density at radius 2 is 1.83 bits per heavy atom. The maximum absolute atomic E-state index is 11.4. The number of pyridine rings is 2. The predicted octanol–water partition coefficient (Wildman–Crippen LogP) is 6.23. The van der Waals surface area contributed by atoms with Gasteiger partial charge in [-0.25, -0.2) is 19.7 Å². The first kappa shape index (κ1) is 27.6. The molecule has 13 heteroatoms. The molecule has 0 spiro atoms. The number of carboxylic acids is 1. The van der Waals surface area contributed by atoms with E-state index in [1.54, 1.807) is 71.7 Å². The number of carboxylic acid groups (broad SMARTS) is 1. The van der Waals surface area contributed by atoms with Crippen molar-refractivity contribution in [3.63, 3.8) is 0 Å². The van der Waals surface area contributed by atoms with Crippen LogP contribution in [0.1, 0.15) is 16.1 Å². The number of ether oxygens (including phenoxy) is 1. The van der Waals surface area contributed by atoms with E-state index in [4.69, 9.17) is 14.9 Å². The lowest BCUT2D eigenvalue weighted by molar-refractivity contribution is 0.0697. The zero-order valence-electron chi connectivity index (χ0n) is 24.6. The molecule has 228 valence electrons. The Morgan fingerprint density at radius 1 is 0.936 bits per heavy atom. The summed E-state index contributed by atoms with van der Waals surface area (Å²) in [6.07, 6.45) is 5.34. The second-order valence-corrected chi connectivity index (χ2v) is 10.7. The summed E-state index contributed by atoms with van der Waals surface area (Å²) in [6.45, 7) is 1.98. The molecule has 0 bridgehead atoms. The molecule has 6 heterocycles. The summed E-state index contributed by atoms with van der Waals surface area (Å²) in [5.41, 5.74) is 12.5. The van der Waals surface area contributed by atoms with Gasteiger partial charge in [0.15, 0.2) is 11.6 Å². The number of aromatic nitrogens is 8. The van der Waals surface area contributed by atoms with Crippen LogP contribution in [-0.4, -0.2) is 50.4 Å². The van der Waals surface area contributed by atoms with Gasteiger partial charge in [0.2, 0.25) is 11.8 Å². The minimum absolute atomic E-state index is 0.0403. The third-order valence-corrected chi connectivity index (χ3v) is 7.61. The number of benzene rings is 2. The van der Waals surface area contributed by atoms with Crippen LogP contribution in [0.3, 0.4) is 0 Å². The Morgan fingerprint density at radius 3 is 2.68 bits per heavy atom. The van der Waals surface area contributed by atoms with E-state index < -0.39 is 5.97 Å². The maximum Gasteiger partial charge on any atom is 0.335 e. The van der Waals surface area contributed by atoms with Gasteiger partial charge >= 0.3 is 5.97 Å². The van der Waals surface area contributed by atoms with Gasteiger partial charge in [-0.3, -0.25) is 0 Å². The fourth-order valence-corrected chi connectivity index (χ4v) is 5.41. The summed E-state index contributed by atoms with van der Waals surface area (Å²) in [7, 11) is 0. The minimum Gasteiger partial charge on any atom is -0.478 e. The van der Waals surface area contributed by atoms with Crippen molar-refractivity contribution in [2.24, 2.45) is 0 Å². The molecule has 0 saturated heterocycles. The first-order valence-electron chi connectivity index (χ1n) is 14.4. The van der Waals surface area contributed by atoms with Gasteiger partial charge in [0.1, 0.15) is 22.6 Å². The lowest BCUT2D eigenvalue weighted by atomic mass is 10.0. The molecule has 13 nitrogen and oxygen atoms in total. The molecule has 6 aromatic heterocycles. The number of furan rings is 1. The minimum atomic E-state index is -1.01. The van der Waals surface area contributed by atoms with E-state index in [0.29, 0.717) is 56.8 Å². The average Bonchev–Trinajstić information content (AvgIpc) is 3.85. The third-order valence-electron chi connectivity index (χ3n) is 7.61. The Kier molecular flexibility index (Phi) is 6.43. The van der Waals surface area contributed by atoms with Crippen molar-refractivity contribution in [2.75, 3.05) is 5.73 Å². The maximum atomic E-state index is 11.4. The van der Waals surface area contributed by atoms with Crippen molar-refractivity contribution >= 4 is 28.6 Å². The van der Waals surface area contributed by atoms with Crippen LogP contribution in [-0.2, 0) is 0 Å². The average molecular weight is 622 g/mol. The number of hydrogen-bond acceptors (Lipinski definition) is 10. The van der Waals surface area contributed by atoms with Crippen molar-refractivity contribution < 1.29 is 19.1 Å². The van der Waals surface area contributed by atoms with Gasteiger partial charge in [0.25, 0.3) is 0 Å². The molecular formula is C34H23N9O4. The highest BCUT2D eigenvalue weighted by Gasteiger charge is 2.23. The largest absolute Gasteiger partial charge is 0.478 e. The lowest BCUT2D eigenvalue weighted by Crippen LogP contribution is -2.09. The summed E-state index contributed by atoms with van der Waals surface area (Å²) >= 11 is 0. The molecule has 0 atom stereocenters. The Balaban J connectivity index is 1.20. The molecule has 0 fully saturated rings. The van der Waals surface area contributed by atoms with Gasteiger partial charge in [0, 0.05) is 41.3 Å².